The average molecular weight is 312 g/mol. The van der Waals surface area contributed by atoms with Gasteiger partial charge in [-0.15, -0.1) is 0 Å². The number of likely N-dealkylation sites (N-methyl/N-ethyl adjacent to an activating group) is 1. The van der Waals surface area contributed by atoms with Gasteiger partial charge >= 0.3 is 0 Å². The standard InChI is InChI=1S/C12H15BrN2.C2H7N/c1-2-14-6-5-9-8-15-12-4-3-10(13)7-11(9)12;1-3-2/h3-4,7-8,14-15H,2,5-6H2,1H3;3H,1-2H3. The van der Waals surface area contributed by atoms with Gasteiger partial charge in [0.15, 0.2) is 0 Å². The molecular weight excluding hydrogens is 290 g/mol. The Hall–Kier alpha value is -0.840. The molecule has 0 unspecified atom stereocenters. The van der Waals surface area contributed by atoms with Crippen LogP contribution in [0.1, 0.15) is 12.5 Å². The van der Waals surface area contributed by atoms with Crippen molar-refractivity contribution in [2.75, 3.05) is 27.2 Å². The lowest BCUT2D eigenvalue weighted by atomic mass is 10.1. The number of benzene rings is 1. The first-order chi connectivity index (χ1) is 8.72. The van der Waals surface area contributed by atoms with Gasteiger partial charge in [-0.05, 0) is 57.4 Å². The fourth-order valence-electron chi connectivity index (χ4n) is 1.76. The predicted molar refractivity (Wildman–Crippen MR) is 83.2 cm³/mol. The van der Waals surface area contributed by atoms with E-state index in [4.69, 9.17) is 0 Å². The number of H-pyrrole nitrogens is 1. The highest BCUT2D eigenvalue weighted by molar-refractivity contribution is 9.10. The van der Waals surface area contributed by atoms with E-state index in [9.17, 15) is 0 Å². The lowest BCUT2D eigenvalue weighted by Crippen LogP contribution is -2.15. The van der Waals surface area contributed by atoms with E-state index < -0.39 is 0 Å². The van der Waals surface area contributed by atoms with Crippen LogP contribution in [0.4, 0.5) is 0 Å². The van der Waals surface area contributed by atoms with Crippen LogP contribution in [0.25, 0.3) is 10.9 Å². The van der Waals surface area contributed by atoms with Crippen LogP contribution in [0, 0.1) is 0 Å². The molecule has 3 N–H and O–H groups in total. The van der Waals surface area contributed by atoms with E-state index in [2.05, 4.69) is 62.9 Å². The fraction of sp³-hybridized carbons (Fsp3) is 0.429. The molecule has 2 rings (SSSR count). The van der Waals surface area contributed by atoms with Crippen LogP contribution in [0.5, 0.6) is 0 Å². The Morgan fingerprint density at radius 2 is 2.00 bits per heavy atom. The third-order valence-corrected chi connectivity index (χ3v) is 3.04. The maximum atomic E-state index is 3.50. The number of fused-ring (bicyclic) bond motifs is 1. The topological polar surface area (TPSA) is 39.9 Å². The van der Waals surface area contributed by atoms with Crippen LogP contribution >= 0.6 is 15.9 Å². The minimum absolute atomic E-state index is 1.03. The molecular formula is C14H22BrN3. The van der Waals surface area contributed by atoms with Gasteiger partial charge in [0.25, 0.3) is 0 Å². The first kappa shape index (κ1) is 15.2. The summed E-state index contributed by atoms with van der Waals surface area (Å²) in [6, 6.07) is 6.34. The Labute approximate surface area is 117 Å². The molecule has 0 amide bonds. The van der Waals surface area contributed by atoms with Crippen LogP contribution in [0.2, 0.25) is 0 Å². The molecule has 1 aromatic carbocycles. The Morgan fingerprint density at radius 1 is 1.28 bits per heavy atom. The molecule has 2 aromatic rings. The third kappa shape index (κ3) is 4.44. The van der Waals surface area contributed by atoms with Gasteiger partial charge in [-0.2, -0.15) is 0 Å². The molecule has 4 heteroatoms. The lowest BCUT2D eigenvalue weighted by Gasteiger charge is -2.00. The zero-order valence-electron chi connectivity index (χ0n) is 11.3. The third-order valence-electron chi connectivity index (χ3n) is 2.55. The maximum absolute atomic E-state index is 3.50. The van der Waals surface area contributed by atoms with Gasteiger partial charge in [0, 0.05) is 21.6 Å². The zero-order chi connectivity index (χ0) is 13.4. The molecule has 0 aliphatic rings. The van der Waals surface area contributed by atoms with E-state index in [1.54, 1.807) is 0 Å². The molecule has 0 fully saturated rings. The summed E-state index contributed by atoms with van der Waals surface area (Å²) >= 11 is 3.50. The zero-order valence-corrected chi connectivity index (χ0v) is 12.9. The molecule has 0 spiro atoms. The quantitative estimate of drug-likeness (QED) is 0.760. The van der Waals surface area contributed by atoms with Gasteiger partial charge in [0.2, 0.25) is 0 Å². The molecule has 1 heterocycles. The fourth-order valence-corrected chi connectivity index (χ4v) is 2.12. The smallest absolute Gasteiger partial charge is 0.0457 e. The Bertz CT molecular complexity index is 465. The molecule has 1 aromatic heterocycles. The summed E-state index contributed by atoms with van der Waals surface area (Å²) in [7, 11) is 3.75. The summed E-state index contributed by atoms with van der Waals surface area (Å²) in [6.45, 7) is 4.20. The molecule has 0 aliphatic carbocycles. The van der Waals surface area contributed by atoms with E-state index in [0.29, 0.717) is 0 Å². The number of nitrogens with one attached hydrogen (secondary N) is 3. The number of hydrogen-bond acceptors (Lipinski definition) is 2. The SMILES string of the molecule is CCNCCc1c[nH]c2ccc(Br)cc12.CNC. The predicted octanol–water partition coefficient (Wildman–Crippen LogP) is 2.92. The molecule has 0 saturated heterocycles. The van der Waals surface area contributed by atoms with Gasteiger partial charge in [-0.25, -0.2) is 0 Å². The van der Waals surface area contributed by atoms with Crippen molar-refractivity contribution >= 4 is 26.8 Å². The average Bonchev–Trinajstić information content (AvgIpc) is 2.73. The van der Waals surface area contributed by atoms with Crippen molar-refractivity contribution in [3.05, 3.63) is 34.4 Å². The van der Waals surface area contributed by atoms with Crippen molar-refractivity contribution in [3.63, 3.8) is 0 Å². The van der Waals surface area contributed by atoms with E-state index in [1.807, 2.05) is 14.1 Å². The Kier molecular flexibility index (Phi) is 7.01. The molecule has 0 aliphatic heterocycles. The van der Waals surface area contributed by atoms with Crippen molar-refractivity contribution in [1.29, 1.82) is 0 Å². The summed E-state index contributed by atoms with van der Waals surface area (Å²) < 4.78 is 1.14. The number of rotatable bonds is 4. The van der Waals surface area contributed by atoms with E-state index in [-0.39, 0.29) is 0 Å². The summed E-state index contributed by atoms with van der Waals surface area (Å²) in [5.41, 5.74) is 2.59. The molecule has 0 saturated carbocycles. The van der Waals surface area contributed by atoms with E-state index in [0.717, 1.165) is 24.0 Å². The van der Waals surface area contributed by atoms with Crippen molar-refractivity contribution in [1.82, 2.24) is 15.6 Å². The largest absolute Gasteiger partial charge is 0.361 e. The Balaban J connectivity index is 0.000000492. The second-order valence-electron chi connectivity index (χ2n) is 4.11. The summed E-state index contributed by atoms with van der Waals surface area (Å²) in [6.07, 6.45) is 3.18. The summed E-state index contributed by atoms with van der Waals surface area (Å²) in [4.78, 5) is 3.29. The van der Waals surface area contributed by atoms with Crippen molar-refractivity contribution in [2.24, 2.45) is 0 Å². The molecule has 18 heavy (non-hydrogen) atoms. The van der Waals surface area contributed by atoms with Gasteiger partial charge in [0.05, 0.1) is 0 Å². The van der Waals surface area contributed by atoms with Crippen molar-refractivity contribution < 1.29 is 0 Å². The van der Waals surface area contributed by atoms with Crippen LogP contribution < -0.4 is 10.6 Å². The highest BCUT2D eigenvalue weighted by Crippen LogP contribution is 2.22. The molecule has 0 atom stereocenters. The number of aromatic nitrogens is 1. The van der Waals surface area contributed by atoms with Gasteiger partial charge in [-0.3, -0.25) is 0 Å². The number of hydrogen-bond donors (Lipinski definition) is 3. The molecule has 3 nitrogen and oxygen atoms in total. The first-order valence-corrected chi connectivity index (χ1v) is 7.07. The van der Waals surface area contributed by atoms with Crippen LogP contribution in [0.3, 0.4) is 0 Å². The van der Waals surface area contributed by atoms with Crippen LogP contribution in [-0.2, 0) is 6.42 Å². The van der Waals surface area contributed by atoms with Gasteiger partial charge < -0.3 is 15.6 Å². The van der Waals surface area contributed by atoms with E-state index >= 15 is 0 Å². The minimum Gasteiger partial charge on any atom is -0.361 e. The second kappa shape index (κ2) is 8.29. The molecule has 100 valence electrons. The van der Waals surface area contributed by atoms with Crippen LogP contribution in [0.15, 0.2) is 28.9 Å². The van der Waals surface area contributed by atoms with Crippen LogP contribution in [-0.4, -0.2) is 32.2 Å². The summed E-state index contributed by atoms with van der Waals surface area (Å²) in [5.74, 6) is 0. The van der Waals surface area contributed by atoms with Crippen molar-refractivity contribution in [2.45, 2.75) is 13.3 Å². The minimum atomic E-state index is 1.03. The van der Waals surface area contributed by atoms with E-state index in [1.165, 1.54) is 16.5 Å². The molecule has 0 bridgehead atoms. The van der Waals surface area contributed by atoms with Gasteiger partial charge in [0.1, 0.15) is 0 Å². The Morgan fingerprint density at radius 3 is 2.67 bits per heavy atom. The normalized spacial score (nSPS) is 10.2. The summed E-state index contributed by atoms with van der Waals surface area (Å²) in [5, 5.41) is 7.41. The monoisotopic (exact) mass is 311 g/mol. The molecule has 0 radical (unpaired) electrons. The lowest BCUT2D eigenvalue weighted by molar-refractivity contribution is 0.718. The number of aromatic amines is 1. The van der Waals surface area contributed by atoms with Gasteiger partial charge in [-0.1, -0.05) is 22.9 Å². The first-order valence-electron chi connectivity index (χ1n) is 6.27. The maximum Gasteiger partial charge on any atom is 0.0457 e. The highest BCUT2D eigenvalue weighted by Gasteiger charge is 2.03. The number of halogens is 1. The second-order valence-corrected chi connectivity index (χ2v) is 5.02. The van der Waals surface area contributed by atoms with Crippen molar-refractivity contribution in [3.8, 4) is 0 Å². The highest BCUT2D eigenvalue weighted by atomic mass is 79.9.